The highest BCUT2D eigenvalue weighted by atomic mass is 32.1. The molecule has 0 saturated carbocycles. The number of aromatic carboxylic acids is 1. The van der Waals surface area contributed by atoms with Crippen LogP contribution < -0.4 is 10.6 Å². The molecule has 1 heterocycles. The fraction of sp³-hybridized carbons (Fsp3) is 0.200. The number of urea groups is 1. The van der Waals surface area contributed by atoms with Crippen LogP contribution in [0.25, 0.3) is 0 Å². The minimum absolute atomic E-state index is 0.0550. The lowest BCUT2D eigenvalue weighted by molar-refractivity contribution is 0.0698. The molecular weight excluding hydrogens is 288 g/mol. The van der Waals surface area contributed by atoms with E-state index in [2.05, 4.69) is 10.6 Å². The van der Waals surface area contributed by atoms with E-state index in [-0.39, 0.29) is 11.6 Å². The van der Waals surface area contributed by atoms with Crippen molar-refractivity contribution in [2.24, 2.45) is 0 Å². The third-order valence-corrected chi connectivity index (χ3v) is 3.71. The third kappa shape index (κ3) is 4.32. The number of carbonyl (C=O) groups excluding carboxylic acids is 1. The van der Waals surface area contributed by atoms with Crippen LogP contribution in [0.5, 0.6) is 0 Å². The number of anilines is 1. The summed E-state index contributed by atoms with van der Waals surface area (Å²) in [6.07, 6.45) is 0.713. The van der Waals surface area contributed by atoms with E-state index in [0.717, 1.165) is 5.56 Å². The van der Waals surface area contributed by atoms with Gasteiger partial charge in [0, 0.05) is 6.04 Å². The lowest BCUT2D eigenvalue weighted by Crippen LogP contribution is -2.37. The fourth-order valence-electron chi connectivity index (χ4n) is 1.96. The Morgan fingerprint density at radius 3 is 2.62 bits per heavy atom. The molecule has 1 unspecified atom stereocenters. The average Bonchev–Trinajstić information content (AvgIpc) is 2.87. The summed E-state index contributed by atoms with van der Waals surface area (Å²) in [7, 11) is 0. The number of carboxylic acids is 1. The van der Waals surface area contributed by atoms with E-state index in [4.69, 9.17) is 5.11 Å². The lowest BCUT2D eigenvalue weighted by Gasteiger charge is -2.14. The maximum absolute atomic E-state index is 11.9. The predicted molar refractivity (Wildman–Crippen MR) is 83.0 cm³/mol. The number of carboxylic acid groups (broad SMARTS) is 1. The van der Waals surface area contributed by atoms with E-state index in [1.807, 2.05) is 37.3 Å². The summed E-state index contributed by atoms with van der Waals surface area (Å²) in [5.74, 6) is -1.05. The fourth-order valence-corrected chi connectivity index (χ4v) is 2.73. The van der Waals surface area contributed by atoms with Gasteiger partial charge in [-0.25, -0.2) is 9.59 Å². The molecule has 2 amide bonds. The normalized spacial score (nSPS) is 11.7. The van der Waals surface area contributed by atoms with Crippen LogP contribution in [0.15, 0.2) is 41.8 Å². The summed E-state index contributed by atoms with van der Waals surface area (Å²) in [6, 6.07) is 10.9. The van der Waals surface area contributed by atoms with Gasteiger partial charge in [-0.2, -0.15) is 0 Å². The van der Waals surface area contributed by atoms with Crippen molar-refractivity contribution >= 4 is 28.3 Å². The molecule has 0 fully saturated rings. The molecule has 5 nitrogen and oxygen atoms in total. The number of rotatable bonds is 5. The van der Waals surface area contributed by atoms with Crippen LogP contribution in [-0.2, 0) is 6.42 Å². The van der Waals surface area contributed by atoms with Gasteiger partial charge in [-0.15, -0.1) is 11.3 Å². The second kappa shape index (κ2) is 6.90. The van der Waals surface area contributed by atoms with E-state index in [9.17, 15) is 9.59 Å². The zero-order valence-corrected chi connectivity index (χ0v) is 12.3. The molecule has 0 spiro atoms. The van der Waals surface area contributed by atoms with Gasteiger partial charge in [-0.1, -0.05) is 30.3 Å². The summed E-state index contributed by atoms with van der Waals surface area (Å²) >= 11 is 1.18. The number of hydrogen-bond acceptors (Lipinski definition) is 3. The maximum atomic E-state index is 11.9. The number of carbonyl (C=O) groups is 2. The van der Waals surface area contributed by atoms with E-state index < -0.39 is 12.0 Å². The first-order valence-corrected chi connectivity index (χ1v) is 7.36. The minimum atomic E-state index is -1.05. The van der Waals surface area contributed by atoms with Crippen molar-refractivity contribution in [3.63, 3.8) is 0 Å². The summed E-state index contributed by atoms with van der Waals surface area (Å²) in [4.78, 5) is 22.8. The molecule has 0 aliphatic carbocycles. The molecule has 2 aromatic rings. The number of thiophene rings is 1. The quantitative estimate of drug-likeness (QED) is 0.793. The van der Waals surface area contributed by atoms with Crippen molar-refractivity contribution in [1.82, 2.24) is 5.32 Å². The van der Waals surface area contributed by atoms with E-state index in [1.165, 1.54) is 17.4 Å². The van der Waals surface area contributed by atoms with Gasteiger partial charge < -0.3 is 10.4 Å². The van der Waals surface area contributed by atoms with Gasteiger partial charge in [0.15, 0.2) is 0 Å². The predicted octanol–water partition coefficient (Wildman–Crippen LogP) is 3.20. The zero-order chi connectivity index (χ0) is 15.2. The Balaban J connectivity index is 1.89. The molecular formula is C15H16N2O3S. The van der Waals surface area contributed by atoms with Crippen LogP contribution in [0.4, 0.5) is 9.80 Å². The Hall–Kier alpha value is -2.34. The first-order valence-electron chi connectivity index (χ1n) is 6.48. The van der Waals surface area contributed by atoms with Crippen LogP contribution in [0.2, 0.25) is 0 Å². The van der Waals surface area contributed by atoms with E-state index in [1.54, 1.807) is 5.38 Å². The van der Waals surface area contributed by atoms with Crippen LogP contribution in [0, 0.1) is 0 Å². The molecule has 6 heteroatoms. The molecule has 1 atom stereocenters. The van der Waals surface area contributed by atoms with E-state index in [0.29, 0.717) is 11.4 Å². The van der Waals surface area contributed by atoms with Gasteiger partial charge in [0.2, 0.25) is 0 Å². The molecule has 0 bridgehead atoms. The highest BCUT2D eigenvalue weighted by Gasteiger charge is 2.15. The Kier molecular flexibility index (Phi) is 4.94. The van der Waals surface area contributed by atoms with Crippen molar-refractivity contribution in [1.29, 1.82) is 0 Å². The number of benzene rings is 1. The molecule has 0 saturated heterocycles. The van der Waals surface area contributed by atoms with Crippen molar-refractivity contribution < 1.29 is 14.7 Å². The Labute approximate surface area is 126 Å². The molecule has 2 rings (SSSR count). The van der Waals surface area contributed by atoms with Gasteiger partial charge >= 0.3 is 12.0 Å². The Morgan fingerprint density at radius 2 is 1.95 bits per heavy atom. The number of hydrogen-bond donors (Lipinski definition) is 3. The molecule has 3 N–H and O–H groups in total. The van der Waals surface area contributed by atoms with Gasteiger partial charge in [0.25, 0.3) is 0 Å². The van der Waals surface area contributed by atoms with Crippen LogP contribution in [0.3, 0.4) is 0 Å². The van der Waals surface area contributed by atoms with Gasteiger partial charge in [-0.3, -0.25) is 5.32 Å². The molecule has 110 valence electrons. The van der Waals surface area contributed by atoms with Crippen LogP contribution in [-0.4, -0.2) is 23.1 Å². The summed E-state index contributed by atoms with van der Waals surface area (Å²) in [6.45, 7) is 1.90. The van der Waals surface area contributed by atoms with Gasteiger partial charge in [0.1, 0.15) is 5.00 Å². The third-order valence-electron chi connectivity index (χ3n) is 2.88. The van der Waals surface area contributed by atoms with Crippen LogP contribution >= 0.6 is 11.3 Å². The molecule has 0 radical (unpaired) electrons. The standard InChI is InChI=1S/C15H16N2O3S/c1-10(9-11-5-3-2-4-6-11)16-15(20)17-13-12(14(18)19)7-8-21-13/h2-8,10H,9H2,1H3,(H,18,19)(H2,16,17,20). The molecule has 0 aliphatic rings. The number of amides is 2. The highest BCUT2D eigenvalue weighted by Crippen LogP contribution is 2.22. The molecule has 0 aliphatic heterocycles. The second-order valence-electron chi connectivity index (χ2n) is 4.66. The van der Waals surface area contributed by atoms with Gasteiger partial charge in [0.05, 0.1) is 5.56 Å². The maximum Gasteiger partial charge on any atom is 0.338 e. The Morgan fingerprint density at radius 1 is 1.24 bits per heavy atom. The van der Waals surface area contributed by atoms with Crippen molar-refractivity contribution in [3.8, 4) is 0 Å². The smallest absolute Gasteiger partial charge is 0.338 e. The van der Waals surface area contributed by atoms with Crippen LogP contribution in [0.1, 0.15) is 22.8 Å². The monoisotopic (exact) mass is 304 g/mol. The van der Waals surface area contributed by atoms with Gasteiger partial charge in [-0.05, 0) is 30.4 Å². The SMILES string of the molecule is CC(Cc1ccccc1)NC(=O)Nc1sccc1C(=O)O. The van der Waals surface area contributed by atoms with Crippen molar-refractivity contribution in [3.05, 3.63) is 52.9 Å². The first-order chi connectivity index (χ1) is 10.1. The molecule has 21 heavy (non-hydrogen) atoms. The summed E-state index contributed by atoms with van der Waals surface area (Å²) in [5.41, 5.74) is 1.23. The summed E-state index contributed by atoms with van der Waals surface area (Å²) in [5, 5.41) is 16.3. The van der Waals surface area contributed by atoms with Crippen molar-refractivity contribution in [2.75, 3.05) is 5.32 Å². The highest BCUT2D eigenvalue weighted by molar-refractivity contribution is 7.14. The minimum Gasteiger partial charge on any atom is -0.478 e. The average molecular weight is 304 g/mol. The largest absolute Gasteiger partial charge is 0.478 e. The topological polar surface area (TPSA) is 78.4 Å². The van der Waals surface area contributed by atoms with E-state index >= 15 is 0 Å². The Bertz CT molecular complexity index is 625. The molecule has 1 aromatic heterocycles. The number of nitrogens with one attached hydrogen (secondary N) is 2. The zero-order valence-electron chi connectivity index (χ0n) is 11.5. The lowest BCUT2D eigenvalue weighted by atomic mass is 10.1. The van der Waals surface area contributed by atoms with Crippen molar-refractivity contribution in [2.45, 2.75) is 19.4 Å². The first kappa shape index (κ1) is 15.1. The summed E-state index contributed by atoms with van der Waals surface area (Å²) < 4.78 is 0. The molecule has 1 aromatic carbocycles. The second-order valence-corrected chi connectivity index (χ2v) is 5.57.